The summed E-state index contributed by atoms with van der Waals surface area (Å²) in [7, 11) is -1.96. The Balaban J connectivity index is 3.26. The lowest BCUT2D eigenvalue weighted by Crippen LogP contribution is -2.44. The molecule has 0 heterocycles. The fraction of sp³-hybridized carbons (Fsp3) is 0.550. The van der Waals surface area contributed by atoms with Crippen LogP contribution in [0.1, 0.15) is 54.0 Å². The molecule has 0 spiro atoms. The molecule has 0 atom stereocenters. The van der Waals surface area contributed by atoms with Gasteiger partial charge in [-0.1, -0.05) is 32.9 Å². The van der Waals surface area contributed by atoms with E-state index in [-0.39, 0.29) is 16.4 Å². The van der Waals surface area contributed by atoms with Gasteiger partial charge in [0.1, 0.15) is 11.4 Å². The van der Waals surface area contributed by atoms with Gasteiger partial charge in [-0.25, -0.2) is 0 Å². The summed E-state index contributed by atoms with van der Waals surface area (Å²) in [5.74, 6) is 1.52. The van der Waals surface area contributed by atoms with Crippen molar-refractivity contribution in [2.24, 2.45) is 0 Å². The van der Waals surface area contributed by atoms with Crippen LogP contribution in [0.4, 0.5) is 0 Å². The molecule has 0 fully saturated rings. The van der Waals surface area contributed by atoms with Gasteiger partial charge in [-0.15, -0.1) is 0 Å². The topological polar surface area (TPSA) is 35.5 Å². The molecule has 0 saturated heterocycles. The Kier molecular flexibility index (Phi) is 6.09. The van der Waals surface area contributed by atoms with Crippen LogP contribution in [0.3, 0.4) is 0 Å². The van der Waals surface area contributed by atoms with Crippen LogP contribution < -0.4 is 9.16 Å². The van der Waals surface area contributed by atoms with E-state index in [0.29, 0.717) is 0 Å². The minimum absolute atomic E-state index is 0.0230. The molecule has 1 rings (SSSR count). The molecule has 0 radical (unpaired) electrons. The normalized spacial score (nSPS) is 13.2. The molecule has 1 aromatic carbocycles. The van der Waals surface area contributed by atoms with E-state index in [0.717, 1.165) is 17.1 Å². The molecule has 0 aliphatic rings. The summed E-state index contributed by atoms with van der Waals surface area (Å²) in [6.45, 7) is 18.7. The van der Waals surface area contributed by atoms with Crippen LogP contribution in [0.5, 0.6) is 11.5 Å². The average Bonchev–Trinajstić information content (AvgIpc) is 2.35. The van der Waals surface area contributed by atoms with Gasteiger partial charge >= 0.3 is 0 Å². The van der Waals surface area contributed by atoms with Gasteiger partial charge in [-0.2, -0.15) is 0 Å². The molecule has 0 bridgehead atoms. The van der Waals surface area contributed by atoms with Crippen molar-refractivity contribution < 1.29 is 14.0 Å². The molecule has 24 heavy (non-hydrogen) atoms. The fourth-order valence-electron chi connectivity index (χ4n) is 1.76. The second-order valence-electron chi connectivity index (χ2n) is 8.73. The predicted molar refractivity (Wildman–Crippen MR) is 104 cm³/mol. The van der Waals surface area contributed by atoms with Gasteiger partial charge in [-0.3, -0.25) is 4.79 Å². The first kappa shape index (κ1) is 20.5. The van der Waals surface area contributed by atoms with Crippen molar-refractivity contribution in [1.29, 1.82) is 0 Å². The Hall–Kier alpha value is -1.55. The maximum absolute atomic E-state index is 11.2. The highest BCUT2D eigenvalue weighted by Gasteiger charge is 2.39. The molecule has 0 unspecified atom stereocenters. The van der Waals surface area contributed by atoms with Crippen LogP contribution in [0, 0.1) is 0 Å². The second-order valence-corrected chi connectivity index (χ2v) is 13.5. The Morgan fingerprint density at radius 3 is 2.08 bits per heavy atom. The van der Waals surface area contributed by atoms with Gasteiger partial charge in [0.25, 0.3) is 8.32 Å². The van der Waals surface area contributed by atoms with Crippen LogP contribution >= 0.6 is 0 Å². The molecular weight excluding hydrogens is 316 g/mol. The van der Waals surface area contributed by atoms with Crippen LogP contribution in [0.15, 0.2) is 24.3 Å². The van der Waals surface area contributed by atoms with E-state index < -0.39 is 8.32 Å². The summed E-state index contributed by atoms with van der Waals surface area (Å²) in [4.78, 5) is 11.2. The highest BCUT2D eigenvalue weighted by atomic mass is 28.4. The lowest BCUT2D eigenvalue weighted by molar-refractivity contribution is -0.112. The number of allylic oxidation sites excluding steroid dienone is 1. The van der Waals surface area contributed by atoms with Gasteiger partial charge in [0.15, 0.2) is 11.5 Å². The van der Waals surface area contributed by atoms with Crippen molar-refractivity contribution in [3.8, 4) is 11.5 Å². The number of ketones is 1. The van der Waals surface area contributed by atoms with E-state index >= 15 is 0 Å². The third-order valence-corrected chi connectivity index (χ3v) is 8.41. The first-order valence-corrected chi connectivity index (χ1v) is 11.3. The van der Waals surface area contributed by atoms with Gasteiger partial charge < -0.3 is 9.16 Å². The summed E-state index contributed by atoms with van der Waals surface area (Å²) in [6, 6.07) is 5.84. The number of hydrogen-bond acceptors (Lipinski definition) is 3. The zero-order valence-corrected chi connectivity index (χ0v) is 17.6. The SMILES string of the molecule is CC(=O)/C=C/c1ccc(O[Si](C)(C)C(C)(C)C)c(OC(C)(C)C)c1. The second kappa shape index (κ2) is 7.14. The number of carbonyl (C=O) groups excluding carboxylic acids is 1. The van der Waals surface area contributed by atoms with E-state index in [1.54, 1.807) is 12.2 Å². The minimum Gasteiger partial charge on any atom is -0.541 e. The monoisotopic (exact) mass is 348 g/mol. The standard InChI is InChI=1S/C20H32O3Si/c1-15(21)10-11-16-12-13-17(18(14-16)22-19(2,3)4)23-24(8,9)20(5,6)7/h10-14H,1-9H3/b11-10+. The average molecular weight is 349 g/mol. The van der Waals surface area contributed by atoms with Gasteiger partial charge in [-0.05, 0) is 69.6 Å². The van der Waals surface area contributed by atoms with E-state index in [1.165, 1.54) is 6.92 Å². The lowest BCUT2D eigenvalue weighted by Gasteiger charge is -2.37. The number of rotatable bonds is 5. The fourth-order valence-corrected chi connectivity index (χ4v) is 2.79. The molecule has 134 valence electrons. The minimum atomic E-state index is -1.96. The molecule has 4 heteroatoms. The summed E-state index contributed by atoms with van der Waals surface area (Å²) < 4.78 is 12.6. The summed E-state index contributed by atoms with van der Waals surface area (Å²) >= 11 is 0. The maximum atomic E-state index is 11.2. The van der Waals surface area contributed by atoms with Crippen molar-refractivity contribution in [3.63, 3.8) is 0 Å². The molecular formula is C20H32O3Si. The Morgan fingerprint density at radius 1 is 1.04 bits per heavy atom. The lowest BCUT2D eigenvalue weighted by atomic mass is 10.1. The molecule has 0 aliphatic carbocycles. The number of carbonyl (C=O) groups is 1. The number of ether oxygens (including phenoxy) is 1. The zero-order valence-electron chi connectivity index (χ0n) is 16.6. The van der Waals surface area contributed by atoms with Gasteiger partial charge in [0, 0.05) is 0 Å². The van der Waals surface area contributed by atoms with Crippen LogP contribution in [-0.2, 0) is 4.79 Å². The number of benzene rings is 1. The molecule has 0 aliphatic heterocycles. The Bertz CT molecular complexity index is 617. The van der Waals surface area contributed by atoms with Crippen molar-refractivity contribution in [2.45, 2.75) is 72.2 Å². The third kappa shape index (κ3) is 6.15. The van der Waals surface area contributed by atoms with Crippen LogP contribution in [-0.4, -0.2) is 19.7 Å². The van der Waals surface area contributed by atoms with Crippen LogP contribution in [0.25, 0.3) is 6.08 Å². The first-order valence-electron chi connectivity index (χ1n) is 8.42. The first-order chi connectivity index (χ1) is 10.7. The predicted octanol–water partition coefficient (Wildman–Crippen LogP) is 5.85. The molecule has 0 aromatic heterocycles. The van der Waals surface area contributed by atoms with E-state index in [1.807, 2.05) is 39.0 Å². The summed E-state index contributed by atoms with van der Waals surface area (Å²) in [5, 5.41) is 0.110. The Morgan fingerprint density at radius 2 is 1.62 bits per heavy atom. The third-order valence-electron chi connectivity index (χ3n) is 4.07. The molecule has 1 aromatic rings. The highest BCUT2D eigenvalue weighted by Crippen LogP contribution is 2.41. The summed E-state index contributed by atoms with van der Waals surface area (Å²) in [6.07, 6.45) is 3.36. The number of hydrogen-bond donors (Lipinski definition) is 0. The largest absolute Gasteiger partial charge is 0.541 e. The highest BCUT2D eigenvalue weighted by molar-refractivity contribution is 6.74. The molecule has 0 saturated carbocycles. The van der Waals surface area contributed by atoms with E-state index in [4.69, 9.17) is 9.16 Å². The zero-order chi connectivity index (χ0) is 18.8. The van der Waals surface area contributed by atoms with Crippen molar-refractivity contribution in [1.82, 2.24) is 0 Å². The summed E-state index contributed by atoms with van der Waals surface area (Å²) in [5.41, 5.74) is 0.598. The van der Waals surface area contributed by atoms with Crippen molar-refractivity contribution in [2.75, 3.05) is 0 Å². The molecule has 0 N–H and O–H groups in total. The maximum Gasteiger partial charge on any atom is 0.250 e. The Labute approximate surface area is 148 Å². The van der Waals surface area contributed by atoms with Gasteiger partial charge in [0.2, 0.25) is 0 Å². The van der Waals surface area contributed by atoms with E-state index in [9.17, 15) is 4.79 Å². The van der Waals surface area contributed by atoms with Gasteiger partial charge in [0.05, 0.1) is 0 Å². The quantitative estimate of drug-likeness (QED) is 0.494. The van der Waals surface area contributed by atoms with Crippen molar-refractivity contribution in [3.05, 3.63) is 29.8 Å². The molecule has 0 amide bonds. The smallest absolute Gasteiger partial charge is 0.250 e. The van der Waals surface area contributed by atoms with Crippen molar-refractivity contribution >= 4 is 20.2 Å². The van der Waals surface area contributed by atoms with Crippen LogP contribution in [0.2, 0.25) is 18.1 Å². The molecule has 3 nitrogen and oxygen atoms in total. The van der Waals surface area contributed by atoms with E-state index in [2.05, 4.69) is 33.9 Å².